The summed E-state index contributed by atoms with van der Waals surface area (Å²) in [4.78, 5) is 0. The summed E-state index contributed by atoms with van der Waals surface area (Å²) < 4.78 is 26.3. The zero-order chi connectivity index (χ0) is 9.47. The van der Waals surface area contributed by atoms with Gasteiger partial charge in [-0.05, 0) is 12.8 Å². The van der Waals surface area contributed by atoms with Crippen molar-refractivity contribution in [2.24, 2.45) is 0 Å². The number of hydrogen-bond donors (Lipinski definition) is 1. The molecule has 0 aromatic heterocycles. The predicted octanol–water partition coefficient (Wildman–Crippen LogP) is -0.996. The van der Waals surface area contributed by atoms with Gasteiger partial charge in [-0.1, -0.05) is 0 Å². The van der Waals surface area contributed by atoms with Crippen LogP contribution in [0.1, 0.15) is 12.8 Å². The minimum absolute atomic E-state index is 0.0974. The van der Waals surface area contributed by atoms with Gasteiger partial charge in [-0.25, -0.2) is 0 Å². The van der Waals surface area contributed by atoms with Crippen LogP contribution in [0.15, 0.2) is 0 Å². The smallest absolute Gasteiger partial charge is 0.282 e. The van der Waals surface area contributed by atoms with Gasteiger partial charge in [-0.3, -0.25) is 0 Å². The second-order valence-corrected chi connectivity index (χ2v) is 5.38. The Hall–Kier alpha value is -0.170. The van der Waals surface area contributed by atoms with Crippen molar-refractivity contribution in [3.63, 3.8) is 0 Å². The highest BCUT2D eigenvalue weighted by molar-refractivity contribution is 7.87. The molecule has 0 aromatic rings. The SMILES string of the molecule is O=S1(=O)N(CCO)CC2CCCN21. The third-order valence-electron chi connectivity index (χ3n) is 2.71. The number of aliphatic hydroxyl groups is 1. The Labute approximate surface area is 78.1 Å². The molecule has 5 nitrogen and oxygen atoms in total. The van der Waals surface area contributed by atoms with Crippen molar-refractivity contribution >= 4 is 10.2 Å². The molecule has 2 aliphatic heterocycles. The molecule has 0 saturated carbocycles. The van der Waals surface area contributed by atoms with Crippen molar-refractivity contribution in [1.29, 1.82) is 0 Å². The van der Waals surface area contributed by atoms with Crippen LogP contribution in [0.5, 0.6) is 0 Å². The third-order valence-corrected chi connectivity index (χ3v) is 4.77. The second kappa shape index (κ2) is 3.20. The summed E-state index contributed by atoms with van der Waals surface area (Å²) in [6.07, 6.45) is 1.93. The van der Waals surface area contributed by atoms with Crippen LogP contribution in [-0.4, -0.2) is 54.4 Å². The summed E-state index contributed by atoms with van der Waals surface area (Å²) in [6.45, 7) is 1.34. The van der Waals surface area contributed by atoms with Crippen molar-refractivity contribution in [1.82, 2.24) is 8.61 Å². The molecule has 2 fully saturated rings. The topological polar surface area (TPSA) is 60.9 Å². The fourth-order valence-electron chi connectivity index (χ4n) is 2.09. The average Bonchev–Trinajstić information content (AvgIpc) is 2.58. The number of aliphatic hydroxyl groups excluding tert-OH is 1. The Balaban J connectivity index is 2.19. The monoisotopic (exact) mass is 206 g/mol. The van der Waals surface area contributed by atoms with Crippen molar-refractivity contribution in [2.45, 2.75) is 18.9 Å². The van der Waals surface area contributed by atoms with E-state index in [1.807, 2.05) is 0 Å². The van der Waals surface area contributed by atoms with E-state index in [9.17, 15) is 8.42 Å². The Morgan fingerprint density at radius 2 is 2.23 bits per heavy atom. The molecular formula is C7H14N2O3S. The van der Waals surface area contributed by atoms with Gasteiger partial charge in [0, 0.05) is 25.7 Å². The molecule has 0 spiro atoms. The first-order chi connectivity index (χ1) is 6.16. The molecule has 2 heterocycles. The third kappa shape index (κ3) is 1.38. The first kappa shape index (κ1) is 9.39. The van der Waals surface area contributed by atoms with E-state index in [2.05, 4.69) is 0 Å². The van der Waals surface area contributed by atoms with Crippen LogP contribution in [0, 0.1) is 0 Å². The largest absolute Gasteiger partial charge is 0.395 e. The van der Waals surface area contributed by atoms with Crippen LogP contribution in [0.4, 0.5) is 0 Å². The normalized spacial score (nSPS) is 33.8. The standard InChI is InChI=1S/C7H14N2O3S/c10-5-4-8-6-7-2-1-3-9(7)13(8,11)12/h7,10H,1-6H2. The minimum Gasteiger partial charge on any atom is -0.395 e. The summed E-state index contributed by atoms with van der Waals surface area (Å²) in [5.74, 6) is 0. The van der Waals surface area contributed by atoms with Gasteiger partial charge in [-0.15, -0.1) is 0 Å². The van der Waals surface area contributed by atoms with E-state index in [0.29, 0.717) is 13.1 Å². The first-order valence-electron chi connectivity index (χ1n) is 4.54. The molecule has 6 heteroatoms. The van der Waals surface area contributed by atoms with E-state index >= 15 is 0 Å². The lowest BCUT2D eigenvalue weighted by atomic mass is 10.2. The average molecular weight is 206 g/mol. The molecule has 0 aromatic carbocycles. The van der Waals surface area contributed by atoms with E-state index in [1.54, 1.807) is 4.31 Å². The van der Waals surface area contributed by atoms with Crippen LogP contribution >= 0.6 is 0 Å². The molecule has 0 bridgehead atoms. The Morgan fingerprint density at radius 1 is 1.46 bits per heavy atom. The highest BCUT2D eigenvalue weighted by atomic mass is 32.2. The summed E-state index contributed by atoms with van der Waals surface area (Å²) in [5.41, 5.74) is 0. The first-order valence-corrected chi connectivity index (χ1v) is 5.94. The molecule has 1 N–H and O–H groups in total. The van der Waals surface area contributed by atoms with Gasteiger partial charge < -0.3 is 5.11 Å². The molecule has 1 atom stereocenters. The molecule has 2 aliphatic rings. The molecule has 0 amide bonds. The van der Waals surface area contributed by atoms with Gasteiger partial charge in [0.1, 0.15) is 0 Å². The van der Waals surface area contributed by atoms with Crippen LogP contribution in [0.2, 0.25) is 0 Å². The fraction of sp³-hybridized carbons (Fsp3) is 1.00. The van der Waals surface area contributed by atoms with Crippen LogP contribution < -0.4 is 0 Å². The van der Waals surface area contributed by atoms with Gasteiger partial charge >= 0.3 is 0 Å². The molecule has 0 aliphatic carbocycles. The van der Waals surface area contributed by atoms with E-state index in [0.717, 1.165) is 12.8 Å². The quantitative estimate of drug-likeness (QED) is 0.630. The predicted molar refractivity (Wildman–Crippen MR) is 47.3 cm³/mol. The lowest BCUT2D eigenvalue weighted by Gasteiger charge is -2.15. The van der Waals surface area contributed by atoms with Crippen LogP contribution in [-0.2, 0) is 10.2 Å². The van der Waals surface area contributed by atoms with Crippen LogP contribution in [0.3, 0.4) is 0 Å². The molecule has 0 radical (unpaired) electrons. The van der Waals surface area contributed by atoms with Crippen molar-refractivity contribution < 1.29 is 13.5 Å². The second-order valence-electron chi connectivity index (χ2n) is 3.50. The lowest BCUT2D eigenvalue weighted by molar-refractivity contribution is 0.256. The molecule has 1 unspecified atom stereocenters. The molecule has 2 rings (SSSR count). The Bertz CT molecular complexity index is 290. The van der Waals surface area contributed by atoms with Gasteiger partial charge in [0.2, 0.25) is 0 Å². The molecule has 76 valence electrons. The van der Waals surface area contributed by atoms with E-state index in [-0.39, 0.29) is 19.2 Å². The van der Waals surface area contributed by atoms with Crippen molar-refractivity contribution in [3.05, 3.63) is 0 Å². The number of nitrogens with zero attached hydrogens (tertiary/aromatic N) is 2. The van der Waals surface area contributed by atoms with Gasteiger partial charge in [-0.2, -0.15) is 17.0 Å². The van der Waals surface area contributed by atoms with Gasteiger partial charge in [0.25, 0.3) is 10.2 Å². The maximum atomic E-state index is 11.7. The number of hydrogen-bond acceptors (Lipinski definition) is 3. The molecule has 13 heavy (non-hydrogen) atoms. The summed E-state index contributed by atoms with van der Waals surface area (Å²) in [7, 11) is -3.22. The highest BCUT2D eigenvalue weighted by Gasteiger charge is 2.45. The van der Waals surface area contributed by atoms with Gasteiger partial charge in [0.15, 0.2) is 0 Å². The van der Waals surface area contributed by atoms with E-state index < -0.39 is 10.2 Å². The van der Waals surface area contributed by atoms with Crippen LogP contribution in [0.25, 0.3) is 0 Å². The number of rotatable bonds is 2. The lowest BCUT2D eigenvalue weighted by Crippen LogP contribution is -2.34. The molecule has 2 saturated heterocycles. The summed E-state index contributed by atoms with van der Waals surface area (Å²) >= 11 is 0. The van der Waals surface area contributed by atoms with E-state index in [4.69, 9.17) is 5.11 Å². The molecular weight excluding hydrogens is 192 g/mol. The van der Waals surface area contributed by atoms with Gasteiger partial charge in [0.05, 0.1) is 6.61 Å². The zero-order valence-electron chi connectivity index (χ0n) is 7.39. The van der Waals surface area contributed by atoms with Crippen molar-refractivity contribution in [3.8, 4) is 0 Å². The fourth-order valence-corrected chi connectivity index (χ4v) is 3.97. The summed E-state index contributed by atoms with van der Waals surface area (Å²) in [6, 6.07) is 0.163. The number of β-amino-alcohol motifs (C(OH)–C–C–N with tert-alkyl or cyclic N) is 1. The zero-order valence-corrected chi connectivity index (χ0v) is 8.20. The minimum atomic E-state index is -3.22. The number of fused-ring (bicyclic) bond motifs is 1. The maximum Gasteiger partial charge on any atom is 0.282 e. The van der Waals surface area contributed by atoms with E-state index in [1.165, 1.54) is 4.31 Å². The highest BCUT2D eigenvalue weighted by Crippen LogP contribution is 2.30. The summed E-state index contributed by atoms with van der Waals surface area (Å²) in [5, 5.41) is 8.70. The Morgan fingerprint density at radius 3 is 2.85 bits per heavy atom. The Kier molecular flexibility index (Phi) is 2.31. The maximum absolute atomic E-state index is 11.7. The van der Waals surface area contributed by atoms with Crippen molar-refractivity contribution in [2.75, 3.05) is 26.2 Å².